The highest BCUT2D eigenvalue weighted by molar-refractivity contribution is 7.89. The number of benzene rings is 1. The molecule has 0 unspecified atom stereocenters. The number of hydrogen-bond donors (Lipinski definition) is 0. The lowest BCUT2D eigenvalue weighted by molar-refractivity contribution is 0.144. The number of nitriles is 1. The summed E-state index contributed by atoms with van der Waals surface area (Å²) in [6, 6.07) is 8.03. The molecular weight excluding hydrogens is 312 g/mol. The molecule has 8 heteroatoms. The first kappa shape index (κ1) is 16.1. The third-order valence-electron chi connectivity index (χ3n) is 2.99. The predicted molar refractivity (Wildman–Crippen MR) is 75.6 cm³/mol. The van der Waals surface area contributed by atoms with Crippen LogP contribution in [0.25, 0.3) is 0 Å². The second-order valence-electron chi connectivity index (χ2n) is 4.85. The Kier molecular flexibility index (Phi) is 4.56. The number of hydrogen-bond acceptors (Lipinski definition) is 4. The van der Waals surface area contributed by atoms with E-state index in [9.17, 15) is 17.2 Å². The van der Waals surface area contributed by atoms with E-state index >= 15 is 0 Å². The number of aryl methyl sites for hydroxylation is 1. The van der Waals surface area contributed by atoms with Gasteiger partial charge < -0.3 is 0 Å². The Morgan fingerprint density at radius 1 is 1.27 bits per heavy atom. The maximum Gasteiger partial charge on any atom is 0.282 e. The Bertz CT molecular complexity index is 806. The molecule has 5 nitrogen and oxygen atoms in total. The molecule has 0 N–H and O–H groups in total. The van der Waals surface area contributed by atoms with Gasteiger partial charge in [0.15, 0.2) is 9.84 Å². The van der Waals surface area contributed by atoms with Crippen molar-refractivity contribution in [2.45, 2.75) is 17.9 Å². The number of halogens is 2. The summed E-state index contributed by atoms with van der Waals surface area (Å²) in [5.74, 6) is -0.781. The average molecular weight is 325 g/mol. The second kappa shape index (κ2) is 6.23. The molecular formula is C14H13F2N3O2S. The Morgan fingerprint density at radius 3 is 2.45 bits per heavy atom. The lowest BCUT2D eigenvalue weighted by atomic mass is 10.2. The highest BCUT2D eigenvalue weighted by atomic mass is 32.2. The van der Waals surface area contributed by atoms with E-state index in [0.717, 1.165) is 0 Å². The van der Waals surface area contributed by atoms with Crippen LogP contribution >= 0.6 is 0 Å². The zero-order chi connectivity index (χ0) is 16.3. The Morgan fingerprint density at radius 2 is 1.91 bits per heavy atom. The van der Waals surface area contributed by atoms with Crippen molar-refractivity contribution in [1.29, 1.82) is 5.26 Å². The van der Waals surface area contributed by atoms with Crippen molar-refractivity contribution >= 4 is 9.84 Å². The maximum absolute atomic E-state index is 12.8. The first-order chi connectivity index (χ1) is 10.3. The van der Waals surface area contributed by atoms with Crippen molar-refractivity contribution in [2.75, 3.05) is 0 Å². The minimum atomic E-state index is -3.62. The number of rotatable bonds is 5. The molecule has 0 amide bonds. The van der Waals surface area contributed by atoms with Crippen molar-refractivity contribution < 1.29 is 17.2 Å². The summed E-state index contributed by atoms with van der Waals surface area (Å²) in [5, 5.41) is 12.3. The molecule has 1 aromatic heterocycles. The molecule has 116 valence electrons. The minimum Gasteiger partial charge on any atom is -0.275 e. The van der Waals surface area contributed by atoms with Crippen LogP contribution in [0.2, 0.25) is 0 Å². The first-order valence-electron chi connectivity index (χ1n) is 6.31. The van der Waals surface area contributed by atoms with Gasteiger partial charge in [-0.05, 0) is 17.7 Å². The molecule has 2 rings (SSSR count). The zero-order valence-electron chi connectivity index (χ0n) is 11.7. The third-order valence-corrected chi connectivity index (χ3v) is 4.51. The number of nitrogens with zero attached hydrogens (tertiary/aromatic N) is 3. The molecule has 0 fully saturated rings. The van der Waals surface area contributed by atoms with Gasteiger partial charge in [0.1, 0.15) is 5.69 Å². The van der Waals surface area contributed by atoms with Crippen LogP contribution < -0.4 is 0 Å². The second-order valence-corrected chi connectivity index (χ2v) is 6.92. The van der Waals surface area contributed by atoms with Gasteiger partial charge in [-0.3, -0.25) is 4.68 Å². The third kappa shape index (κ3) is 3.89. The van der Waals surface area contributed by atoms with Crippen molar-refractivity contribution in [1.82, 2.24) is 9.78 Å². The molecule has 1 aromatic carbocycles. The number of sulfone groups is 1. The van der Waals surface area contributed by atoms with Gasteiger partial charge in [0.25, 0.3) is 6.43 Å². The molecule has 0 saturated carbocycles. The highest BCUT2D eigenvalue weighted by Crippen LogP contribution is 2.23. The molecule has 0 aliphatic rings. The largest absolute Gasteiger partial charge is 0.282 e. The fraction of sp³-hybridized carbons (Fsp3) is 0.286. The summed E-state index contributed by atoms with van der Waals surface area (Å²) in [6.45, 7) is 0. The van der Waals surface area contributed by atoms with Crippen LogP contribution in [0.15, 0.2) is 30.5 Å². The molecule has 0 aliphatic heterocycles. The first-order valence-corrected chi connectivity index (χ1v) is 8.13. The number of aromatic nitrogens is 2. The van der Waals surface area contributed by atoms with Gasteiger partial charge in [-0.15, -0.1) is 0 Å². The van der Waals surface area contributed by atoms with Crippen molar-refractivity contribution in [2.24, 2.45) is 7.05 Å². The SMILES string of the molecule is Cn1cc(CS(=O)(=O)Cc2ccc(C#N)cc2)c(C(F)F)n1. The van der Waals surface area contributed by atoms with E-state index in [1.54, 1.807) is 0 Å². The van der Waals surface area contributed by atoms with Gasteiger partial charge in [0.05, 0.1) is 23.1 Å². The van der Waals surface area contributed by atoms with E-state index in [1.807, 2.05) is 6.07 Å². The van der Waals surface area contributed by atoms with Crippen LogP contribution in [0.5, 0.6) is 0 Å². The van der Waals surface area contributed by atoms with Crippen molar-refractivity contribution in [3.8, 4) is 6.07 Å². The summed E-state index contributed by atoms with van der Waals surface area (Å²) in [6.07, 6.45) is -1.53. The summed E-state index contributed by atoms with van der Waals surface area (Å²) in [4.78, 5) is 0. The lowest BCUT2D eigenvalue weighted by Crippen LogP contribution is -2.09. The van der Waals surface area contributed by atoms with Crippen molar-refractivity contribution in [3.63, 3.8) is 0 Å². The molecule has 0 atom stereocenters. The Hall–Kier alpha value is -2.27. The van der Waals surface area contributed by atoms with Crippen LogP contribution in [-0.4, -0.2) is 18.2 Å². The highest BCUT2D eigenvalue weighted by Gasteiger charge is 2.22. The van der Waals surface area contributed by atoms with Crippen molar-refractivity contribution in [3.05, 3.63) is 52.8 Å². The number of alkyl halides is 2. The van der Waals surface area contributed by atoms with Crippen LogP contribution in [0.1, 0.15) is 28.8 Å². The van der Waals surface area contributed by atoms with Gasteiger partial charge >= 0.3 is 0 Å². The van der Waals surface area contributed by atoms with E-state index in [2.05, 4.69) is 5.10 Å². The Labute approximate surface area is 126 Å². The quantitative estimate of drug-likeness (QED) is 0.845. The van der Waals surface area contributed by atoms with E-state index in [4.69, 9.17) is 5.26 Å². The molecule has 2 aromatic rings. The Balaban J connectivity index is 2.19. The molecule has 0 spiro atoms. The summed E-state index contributed by atoms with van der Waals surface area (Å²) in [7, 11) is -2.16. The molecule has 22 heavy (non-hydrogen) atoms. The summed E-state index contributed by atoms with van der Waals surface area (Å²) < 4.78 is 51.1. The predicted octanol–water partition coefficient (Wildman–Crippen LogP) is 2.34. The topological polar surface area (TPSA) is 75.8 Å². The van der Waals surface area contributed by atoms with E-state index < -0.39 is 27.7 Å². The maximum atomic E-state index is 12.8. The smallest absolute Gasteiger partial charge is 0.275 e. The van der Waals surface area contributed by atoms with Crippen LogP contribution in [0.4, 0.5) is 8.78 Å². The molecule has 0 radical (unpaired) electrons. The van der Waals surface area contributed by atoms with Crippen LogP contribution in [0, 0.1) is 11.3 Å². The average Bonchev–Trinajstić information content (AvgIpc) is 2.79. The minimum absolute atomic E-state index is 0.00569. The summed E-state index contributed by atoms with van der Waals surface area (Å²) >= 11 is 0. The van der Waals surface area contributed by atoms with Gasteiger partial charge in [-0.1, -0.05) is 12.1 Å². The normalized spacial score (nSPS) is 11.6. The van der Waals surface area contributed by atoms with E-state index in [0.29, 0.717) is 11.1 Å². The van der Waals surface area contributed by atoms with Gasteiger partial charge in [0.2, 0.25) is 0 Å². The van der Waals surface area contributed by atoms with Crippen LogP contribution in [0.3, 0.4) is 0 Å². The monoisotopic (exact) mass is 325 g/mol. The molecule has 0 saturated heterocycles. The molecule has 0 aliphatic carbocycles. The zero-order valence-corrected chi connectivity index (χ0v) is 12.5. The van der Waals surface area contributed by atoms with Gasteiger partial charge in [0, 0.05) is 18.8 Å². The fourth-order valence-electron chi connectivity index (χ4n) is 2.07. The molecule has 0 bridgehead atoms. The van der Waals surface area contributed by atoms with Gasteiger partial charge in [-0.25, -0.2) is 17.2 Å². The van der Waals surface area contributed by atoms with E-state index in [-0.39, 0.29) is 11.3 Å². The summed E-state index contributed by atoms with van der Waals surface area (Å²) in [5.41, 5.74) is 0.423. The fourth-order valence-corrected chi connectivity index (χ4v) is 3.57. The van der Waals surface area contributed by atoms with E-state index in [1.165, 1.54) is 42.2 Å². The standard InChI is InChI=1S/C14H13F2N3O2S/c1-19-7-12(13(18-19)14(15)16)9-22(20,21)8-11-4-2-10(6-17)3-5-11/h2-5,7,14H,8-9H2,1H3. The molecule has 1 heterocycles. The van der Waals surface area contributed by atoms with Crippen LogP contribution in [-0.2, 0) is 28.4 Å². The lowest BCUT2D eigenvalue weighted by Gasteiger charge is -2.05. The van der Waals surface area contributed by atoms with Gasteiger partial charge in [-0.2, -0.15) is 10.4 Å².